The number of nitrogens with one attached hydrogen (secondary N) is 1. The van der Waals surface area contributed by atoms with Gasteiger partial charge in [-0.3, -0.25) is 13.9 Å². The number of hydrogen-bond acceptors (Lipinski definition) is 7. The van der Waals surface area contributed by atoms with E-state index in [0.29, 0.717) is 5.33 Å². The number of carbonyl (C=O) groups is 4. The van der Waals surface area contributed by atoms with E-state index in [1.807, 2.05) is 0 Å². The fourth-order valence-corrected chi connectivity index (χ4v) is 3.54. The minimum atomic E-state index is -1.26. The van der Waals surface area contributed by atoms with Gasteiger partial charge in [0.15, 0.2) is 6.61 Å². The van der Waals surface area contributed by atoms with Gasteiger partial charge in [0.1, 0.15) is 17.4 Å². The molecule has 1 fully saturated rings. The molecule has 11 heteroatoms. The fourth-order valence-electron chi connectivity index (χ4n) is 1.73. The molecule has 9 nitrogen and oxygen atoms in total. The number of nitrogens with zero attached hydrogens (tertiary/aromatic N) is 1. The third kappa shape index (κ3) is 6.19. The van der Waals surface area contributed by atoms with Gasteiger partial charge < -0.3 is 19.9 Å². The second-order valence-electron chi connectivity index (χ2n) is 5.84. The van der Waals surface area contributed by atoms with Crippen molar-refractivity contribution in [1.29, 1.82) is 0 Å². The van der Waals surface area contributed by atoms with Crippen molar-refractivity contribution in [1.82, 2.24) is 9.62 Å². The van der Waals surface area contributed by atoms with Gasteiger partial charge in [-0.05, 0) is 32.7 Å². The number of alkyl carbamates (subject to hydrolysis) is 1. The van der Waals surface area contributed by atoms with Crippen LogP contribution in [0, 0.1) is 0 Å². The Kier molecular flexibility index (Phi) is 7.33. The van der Waals surface area contributed by atoms with E-state index in [-0.39, 0.29) is 17.7 Å². The number of hydrogen-bond donors (Lipinski definition) is 2. The molecule has 0 aromatic heterocycles. The summed E-state index contributed by atoms with van der Waals surface area (Å²) in [7, 11) is 0. The second kappa shape index (κ2) is 8.56. The number of alkyl halides is 1. The zero-order chi connectivity index (χ0) is 18.5. The van der Waals surface area contributed by atoms with Crippen LogP contribution in [-0.4, -0.2) is 68.7 Å². The van der Waals surface area contributed by atoms with E-state index in [1.165, 1.54) is 4.31 Å². The summed E-state index contributed by atoms with van der Waals surface area (Å²) in [5.41, 5.74) is -0.677. The summed E-state index contributed by atoms with van der Waals surface area (Å²) in [5.74, 6) is -2.58. The van der Waals surface area contributed by atoms with Gasteiger partial charge in [0.05, 0.1) is 6.04 Å². The SMILES string of the molecule is CC(C)(C)OC(=O)N[C@@H]1C(=O)N(SCC(=O)OCC(=O)O)[C@@H]1CBr. The van der Waals surface area contributed by atoms with Gasteiger partial charge in [-0.15, -0.1) is 0 Å². The topological polar surface area (TPSA) is 122 Å². The van der Waals surface area contributed by atoms with E-state index < -0.39 is 36.3 Å². The van der Waals surface area contributed by atoms with Gasteiger partial charge in [-0.1, -0.05) is 15.9 Å². The molecule has 0 saturated carbocycles. The molecular weight excluding hydrogens is 408 g/mol. The Balaban J connectivity index is 2.47. The average molecular weight is 427 g/mol. The molecule has 1 aliphatic heterocycles. The van der Waals surface area contributed by atoms with Crippen molar-refractivity contribution in [3.05, 3.63) is 0 Å². The lowest BCUT2D eigenvalue weighted by Crippen LogP contribution is -2.69. The van der Waals surface area contributed by atoms with Gasteiger partial charge in [0, 0.05) is 5.33 Å². The minimum Gasteiger partial charge on any atom is -0.479 e. The van der Waals surface area contributed by atoms with Gasteiger partial charge in [0.25, 0.3) is 5.91 Å². The van der Waals surface area contributed by atoms with Crippen molar-refractivity contribution in [2.75, 3.05) is 17.7 Å². The van der Waals surface area contributed by atoms with Gasteiger partial charge in [-0.2, -0.15) is 0 Å². The van der Waals surface area contributed by atoms with Gasteiger partial charge in [-0.25, -0.2) is 9.59 Å². The van der Waals surface area contributed by atoms with Crippen molar-refractivity contribution in [3.8, 4) is 0 Å². The lowest BCUT2D eigenvalue weighted by molar-refractivity contribution is -0.153. The standard InChI is InChI=1S/C13H19BrN2O7S/c1-13(2,3)23-12(21)15-10-7(4-14)16(11(10)20)24-6-9(19)22-5-8(17)18/h7,10H,4-6H2,1-3H3,(H,15,21)(H,17,18)/t7-,10+/m1/s1. The highest BCUT2D eigenvalue weighted by molar-refractivity contribution is 9.09. The number of aliphatic carboxylic acids is 1. The maximum atomic E-state index is 12.1. The molecule has 1 saturated heterocycles. The third-order valence-corrected chi connectivity index (χ3v) is 4.43. The molecular formula is C13H19BrN2O7S. The van der Waals surface area contributed by atoms with Crippen molar-refractivity contribution in [2.45, 2.75) is 38.5 Å². The minimum absolute atomic E-state index is 0.207. The molecule has 1 heterocycles. The molecule has 0 aromatic carbocycles. The van der Waals surface area contributed by atoms with Crippen LogP contribution in [0.15, 0.2) is 0 Å². The van der Waals surface area contributed by atoms with Crippen LogP contribution in [0.4, 0.5) is 4.79 Å². The van der Waals surface area contributed by atoms with E-state index in [2.05, 4.69) is 26.0 Å². The number of carboxylic acid groups (broad SMARTS) is 1. The number of halogens is 1. The summed E-state index contributed by atoms with van der Waals surface area (Å²) in [6.07, 6.45) is -0.697. The number of carboxylic acids is 1. The molecule has 136 valence electrons. The molecule has 1 aliphatic rings. The molecule has 0 aliphatic carbocycles. The largest absolute Gasteiger partial charge is 0.479 e. The zero-order valence-corrected chi connectivity index (χ0v) is 15.8. The highest BCUT2D eigenvalue weighted by atomic mass is 79.9. The Morgan fingerprint density at radius 2 is 2.00 bits per heavy atom. The van der Waals surface area contributed by atoms with Gasteiger partial charge >= 0.3 is 18.0 Å². The van der Waals surface area contributed by atoms with Crippen molar-refractivity contribution >= 4 is 51.8 Å². The predicted octanol–water partition coefficient (Wildman–Crippen LogP) is 0.761. The summed E-state index contributed by atoms with van der Waals surface area (Å²) in [4.78, 5) is 45.5. The summed E-state index contributed by atoms with van der Waals surface area (Å²) in [6, 6.07) is -1.11. The van der Waals surface area contributed by atoms with Crippen LogP contribution in [0.5, 0.6) is 0 Å². The predicted molar refractivity (Wildman–Crippen MR) is 88.6 cm³/mol. The fraction of sp³-hybridized carbons (Fsp3) is 0.692. The van der Waals surface area contributed by atoms with Crippen LogP contribution < -0.4 is 5.32 Å². The average Bonchev–Trinajstić information content (AvgIpc) is 2.45. The zero-order valence-electron chi connectivity index (χ0n) is 13.4. The Bertz CT molecular complexity index is 523. The quantitative estimate of drug-likeness (QED) is 0.264. The Morgan fingerprint density at radius 1 is 1.38 bits per heavy atom. The van der Waals surface area contributed by atoms with E-state index in [4.69, 9.17) is 9.84 Å². The first-order valence-corrected chi connectivity index (χ1v) is 9.00. The maximum absolute atomic E-state index is 12.1. The number of carbonyl (C=O) groups excluding carboxylic acids is 3. The summed E-state index contributed by atoms with van der Waals surface area (Å²) in [6.45, 7) is 4.41. The van der Waals surface area contributed by atoms with E-state index in [9.17, 15) is 19.2 Å². The number of amides is 2. The van der Waals surface area contributed by atoms with Crippen molar-refractivity contribution in [3.63, 3.8) is 0 Å². The maximum Gasteiger partial charge on any atom is 0.408 e. The smallest absolute Gasteiger partial charge is 0.408 e. The highest BCUT2D eigenvalue weighted by Gasteiger charge is 2.48. The van der Waals surface area contributed by atoms with Crippen LogP contribution >= 0.6 is 27.9 Å². The van der Waals surface area contributed by atoms with Crippen LogP contribution in [0.1, 0.15) is 20.8 Å². The molecule has 0 aromatic rings. The first-order chi connectivity index (χ1) is 11.0. The van der Waals surface area contributed by atoms with Crippen molar-refractivity contribution in [2.24, 2.45) is 0 Å². The molecule has 2 amide bonds. The molecule has 2 atom stereocenters. The van der Waals surface area contributed by atoms with Gasteiger partial charge in [0.2, 0.25) is 0 Å². The monoisotopic (exact) mass is 426 g/mol. The number of β-lactam (4-membered cyclic amide) rings is 1. The molecule has 0 spiro atoms. The van der Waals surface area contributed by atoms with Crippen LogP contribution in [-0.2, 0) is 23.9 Å². The lowest BCUT2D eigenvalue weighted by atomic mass is 10.0. The highest BCUT2D eigenvalue weighted by Crippen LogP contribution is 2.30. The van der Waals surface area contributed by atoms with Crippen molar-refractivity contribution < 1.29 is 33.8 Å². The summed E-state index contributed by atoms with van der Waals surface area (Å²) in [5, 5.41) is 11.3. The van der Waals surface area contributed by atoms with E-state index >= 15 is 0 Å². The molecule has 2 N–H and O–H groups in total. The van der Waals surface area contributed by atoms with Crippen LogP contribution in [0.25, 0.3) is 0 Å². The Labute approximate surface area is 151 Å². The van der Waals surface area contributed by atoms with E-state index in [0.717, 1.165) is 11.9 Å². The van der Waals surface area contributed by atoms with Crippen LogP contribution in [0.3, 0.4) is 0 Å². The summed E-state index contributed by atoms with van der Waals surface area (Å²) >= 11 is 4.15. The normalized spacial score (nSPS) is 20.2. The van der Waals surface area contributed by atoms with E-state index in [1.54, 1.807) is 20.8 Å². The Morgan fingerprint density at radius 3 is 2.50 bits per heavy atom. The van der Waals surface area contributed by atoms with Crippen LogP contribution in [0.2, 0.25) is 0 Å². The lowest BCUT2D eigenvalue weighted by Gasteiger charge is -2.45. The molecule has 0 unspecified atom stereocenters. The molecule has 0 bridgehead atoms. The first-order valence-electron chi connectivity index (χ1n) is 6.94. The first kappa shape index (κ1) is 20.6. The number of rotatable bonds is 7. The third-order valence-electron chi connectivity index (χ3n) is 2.68. The number of esters is 1. The summed E-state index contributed by atoms with van der Waals surface area (Å²) < 4.78 is 10.9. The molecule has 0 radical (unpaired) electrons. The molecule has 1 rings (SSSR count). The molecule has 24 heavy (non-hydrogen) atoms. The number of ether oxygens (including phenoxy) is 2. The Hall–Kier alpha value is -1.49. The second-order valence-corrected chi connectivity index (χ2v) is 7.43.